The number of aliphatic imine (C=N–C) groups is 1. The van der Waals surface area contributed by atoms with Crippen molar-refractivity contribution < 1.29 is 0 Å². The van der Waals surface area contributed by atoms with Crippen molar-refractivity contribution in [2.24, 2.45) is 12.0 Å². The molecular formula is C19H32IN9. The molecule has 0 bridgehead atoms. The third-order valence-electron chi connectivity index (χ3n) is 5.81. The number of aryl methyl sites for hydroxylation is 3. The first-order valence-corrected chi connectivity index (χ1v) is 10.4. The molecule has 1 atom stereocenters. The number of nitrogens with one attached hydrogen (secondary N) is 2. The highest BCUT2D eigenvalue weighted by atomic mass is 127. The molecule has 1 saturated carbocycles. The van der Waals surface area contributed by atoms with Crippen LogP contribution in [-0.4, -0.2) is 47.6 Å². The smallest absolute Gasteiger partial charge is 0.192 e. The van der Waals surface area contributed by atoms with E-state index in [0.29, 0.717) is 18.6 Å². The van der Waals surface area contributed by atoms with Crippen molar-refractivity contribution in [1.29, 1.82) is 0 Å². The molecule has 29 heavy (non-hydrogen) atoms. The van der Waals surface area contributed by atoms with Gasteiger partial charge in [-0.25, -0.2) is 14.7 Å². The van der Waals surface area contributed by atoms with Gasteiger partial charge in [-0.2, -0.15) is 5.10 Å². The number of halogens is 1. The first-order chi connectivity index (χ1) is 13.6. The Morgan fingerprint density at radius 1 is 1.07 bits per heavy atom. The van der Waals surface area contributed by atoms with Crippen molar-refractivity contribution in [3.05, 3.63) is 23.3 Å². The van der Waals surface area contributed by atoms with Crippen LogP contribution in [0.4, 0.5) is 0 Å². The summed E-state index contributed by atoms with van der Waals surface area (Å²) in [6, 6.07) is 0.790. The first kappa shape index (κ1) is 22.0. The van der Waals surface area contributed by atoms with Gasteiger partial charge in [0.05, 0.1) is 6.54 Å². The number of rotatable bonds is 4. The van der Waals surface area contributed by atoms with Crippen LogP contribution in [0.15, 0.2) is 4.99 Å². The maximum absolute atomic E-state index is 4.84. The number of hydrogen-bond acceptors (Lipinski definition) is 5. The van der Waals surface area contributed by atoms with Crippen molar-refractivity contribution in [3.63, 3.8) is 0 Å². The molecule has 0 spiro atoms. The highest BCUT2D eigenvalue weighted by Gasteiger charge is 2.23. The van der Waals surface area contributed by atoms with Crippen LogP contribution in [-0.2, 0) is 26.6 Å². The molecule has 1 aliphatic heterocycles. The van der Waals surface area contributed by atoms with Gasteiger partial charge in [-0.1, -0.05) is 19.3 Å². The Morgan fingerprint density at radius 2 is 1.83 bits per heavy atom. The summed E-state index contributed by atoms with van der Waals surface area (Å²) in [5.41, 5.74) is 0. The quantitative estimate of drug-likeness (QED) is 0.369. The fourth-order valence-corrected chi connectivity index (χ4v) is 4.06. The molecule has 160 valence electrons. The lowest BCUT2D eigenvalue weighted by Crippen LogP contribution is -2.50. The second-order valence-electron chi connectivity index (χ2n) is 8.00. The minimum absolute atomic E-state index is 0. The van der Waals surface area contributed by atoms with E-state index in [0.717, 1.165) is 48.6 Å². The molecule has 0 amide bonds. The molecule has 4 rings (SSSR count). The summed E-state index contributed by atoms with van der Waals surface area (Å²) in [6.45, 7) is 5.25. The number of hydrogen-bond donors (Lipinski definition) is 2. The van der Waals surface area contributed by atoms with E-state index in [9.17, 15) is 0 Å². The minimum Gasteiger partial charge on any atom is -0.354 e. The van der Waals surface area contributed by atoms with E-state index in [1.807, 2.05) is 30.1 Å². The Labute approximate surface area is 189 Å². The SMILES string of the molecule is Cc1nc2n(n1)CC(NC(=NCc1nnc(C)n1C)NC1CCCCC1)CC2.I. The third-order valence-corrected chi connectivity index (χ3v) is 5.81. The largest absolute Gasteiger partial charge is 0.354 e. The summed E-state index contributed by atoms with van der Waals surface area (Å²) >= 11 is 0. The van der Waals surface area contributed by atoms with Crippen LogP contribution in [0.2, 0.25) is 0 Å². The molecule has 1 unspecified atom stereocenters. The predicted molar refractivity (Wildman–Crippen MR) is 122 cm³/mol. The van der Waals surface area contributed by atoms with Crippen LogP contribution in [0.3, 0.4) is 0 Å². The van der Waals surface area contributed by atoms with E-state index in [1.54, 1.807) is 0 Å². The average Bonchev–Trinajstić information content (AvgIpc) is 3.22. The highest BCUT2D eigenvalue weighted by Crippen LogP contribution is 2.18. The number of guanidine groups is 1. The Bertz CT molecular complexity index is 835. The predicted octanol–water partition coefficient (Wildman–Crippen LogP) is 2.02. The molecule has 0 aromatic carbocycles. The van der Waals surface area contributed by atoms with E-state index < -0.39 is 0 Å². The average molecular weight is 513 g/mol. The van der Waals surface area contributed by atoms with Crippen molar-refractivity contribution in [2.75, 3.05) is 0 Å². The van der Waals surface area contributed by atoms with Gasteiger partial charge in [0.25, 0.3) is 0 Å². The van der Waals surface area contributed by atoms with Crippen molar-refractivity contribution >= 4 is 29.9 Å². The van der Waals surface area contributed by atoms with Crippen LogP contribution in [0, 0.1) is 13.8 Å². The summed E-state index contributed by atoms with van der Waals surface area (Å²) in [6.07, 6.45) is 8.32. The second kappa shape index (κ2) is 9.86. The van der Waals surface area contributed by atoms with Gasteiger partial charge >= 0.3 is 0 Å². The lowest BCUT2D eigenvalue weighted by molar-refractivity contribution is 0.378. The highest BCUT2D eigenvalue weighted by molar-refractivity contribution is 14.0. The van der Waals surface area contributed by atoms with E-state index in [4.69, 9.17) is 4.99 Å². The molecule has 1 aliphatic carbocycles. The van der Waals surface area contributed by atoms with Gasteiger partial charge in [-0.15, -0.1) is 34.2 Å². The lowest BCUT2D eigenvalue weighted by Gasteiger charge is -2.29. The molecule has 10 heteroatoms. The fourth-order valence-electron chi connectivity index (χ4n) is 4.06. The van der Waals surface area contributed by atoms with Gasteiger partial charge in [-0.3, -0.25) is 0 Å². The van der Waals surface area contributed by atoms with Crippen molar-refractivity contribution in [3.8, 4) is 0 Å². The topological polar surface area (TPSA) is 97.8 Å². The van der Waals surface area contributed by atoms with E-state index >= 15 is 0 Å². The van der Waals surface area contributed by atoms with Crippen LogP contribution < -0.4 is 10.6 Å². The molecule has 2 aromatic heterocycles. The number of nitrogens with zero attached hydrogens (tertiary/aromatic N) is 7. The molecule has 3 heterocycles. The molecule has 2 N–H and O–H groups in total. The summed E-state index contributed by atoms with van der Waals surface area (Å²) in [4.78, 5) is 9.35. The van der Waals surface area contributed by atoms with Gasteiger partial charge in [0.2, 0.25) is 0 Å². The van der Waals surface area contributed by atoms with Crippen molar-refractivity contribution in [1.82, 2.24) is 40.2 Å². The molecule has 1 fully saturated rings. The van der Waals surface area contributed by atoms with Gasteiger partial charge in [-0.05, 0) is 33.1 Å². The van der Waals surface area contributed by atoms with Gasteiger partial charge in [0, 0.05) is 25.6 Å². The third kappa shape index (κ3) is 5.46. The first-order valence-electron chi connectivity index (χ1n) is 10.4. The fraction of sp³-hybridized carbons (Fsp3) is 0.737. The zero-order valence-electron chi connectivity index (χ0n) is 17.6. The van der Waals surface area contributed by atoms with Crippen LogP contribution in [0.25, 0.3) is 0 Å². The molecule has 2 aromatic rings. The van der Waals surface area contributed by atoms with E-state index in [1.165, 1.54) is 32.1 Å². The Morgan fingerprint density at radius 3 is 2.55 bits per heavy atom. The number of aromatic nitrogens is 6. The summed E-state index contributed by atoms with van der Waals surface area (Å²) in [7, 11) is 1.98. The normalized spacial score (nSPS) is 20.1. The molecule has 9 nitrogen and oxygen atoms in total. The second-order valence-corrected chi connectivity index (χ2v) is 8.00. The molecule has 0 radical (unpaired) electrons. The van der Waals surface area contributed by atoms with Gasteiger partial charge in [0.15, 0.2) is 11.8 Å². The zero-order valence-corrected chi connectivity index (χ0v) is 19.9. The Hall–Kier alpha value is -1.72. The monoisotopic (exact) mass is 513 g/mol. The summed E-state index contributed by atoms with van der Waals surface area (Å²) in [5, 5.41) is 20.2. The zero-order chi connectivity index (χ0) is 19.5. The maximum Gasteiger partial charge on any atom is 0.192 e. The Balaban J connectivity index is 0.00000240. The standard InChI is InChI=1S/C19H31N9.HI/c1-13-21-17-10-9-16(12-28(17)26-13)23-19(22-15-7-5-4-6-8-15)20-11-18-25-24-14(2)27(18)3;/h15-16H,4-12H2,1-3H3,(H2,20,22,23);1H. The van der Waals surface area contributed by atoms with Crippen LogP contribution in [0.1, 0.15) is 61.8 Å². The van der Waals surface area contributed by atoms with Crippen LogP contribution >= 0.6 is 24.0 Å². The lowest BCUT2D eigenvalue weighted by atomic mass is 9.96. The number of fused-ring (bicyclic) bond motifs is 1. The van der Waals surface area contributed by atoms with Gasteiger partial charge < -0.3 is 15.2 Å². The Kier molecular flexibility index (Phi) is 7.47. The van der Waals surface area contributed by atoms with Gasteiger partial charge in [0.1, 0.15) is 24.0 Å². The maximum atomic E-state index is 4.84. The van der Waals surface area contributed by atoms with E-state index in [2.05, 4.69) is 30.9 Å². The van der Waals surface area contributed by atoms with Crippen LogP contribution in [0.5, 0.6) is 0 Å². The minimum atomic E-state index is 0. The van der Waals surface area contributed by atoms with E-state index in [-0.39, 0.29) is 24.0 Å². The summed E-state index contributed by atoms with van der Waals surface area (Å²) < 4.78 is 4.02. The summed E-state index contributed by atoms with van der Waals surface area (Å²) in [5.74, 6) is 4.59. The van der Waals surface area contributed by atoms with Crippen molar-refractivity contribution in [2.45, 2.75) is 84.0 Å². The molecule has 2 aliphatic rings. The molecular weight excluding hydrogens is 481 g/mol. The molecule has 0 saturated heterocycles.